The first kappa shape index (κ1) is 21.4. The van der Waals surface area contributed by atoms with Crippen LogP contribution >= 0.6 is 0 Å². The Balaban J connectivity index is 2.21. The van der Waals surface area contributed by atoms with Crippen molar-refractivity contribution in [2.45, 2.75) is 75.3 Å². The van der Waals surface area contributed by atoms with Gasteiger partial charge in [0.2, 0.25) is 0 Å². The summed E-state index contributed by atoms with van der Waals surface area (Å²) in [4.78, 5) is 0. The minimum atomic E-state index is -1.76. The fourth-order valence-electron chi connectivity index (χ4n) is 2.86. The van der Waals surface area contributed by atoms with Crippen LogP contribution in [0.3, 0.4) is 0 Å². The number of aliphatic hydroxyl groups is 8. The van der Waals surface area contributed by atoms with Crippen LogP contribution in [0.2, 0.25) is 0 Å². The van der Waals surface area contributed by atoms with Gasteiger partial charge >= 0.3 is 0 Å². The molecule has 0 aromatic rings. The van der Waals surface area contributed by atoms with E-state index in [2.05, 4.69) is 0 Å². The largest absolute Gasteiger partial charge is 0.510 e. The molecule has 2 fully saturated rings. The molecule has 11 heteroatoms. The van der Waals surface area contributed by atoms with Gasteiger partial charge in [0.1, 0.15) is 54.6 Å². The van der Waals surface area contributed by atoms with Gasteiger partial charge in [-0.1, -0.05) is 0 Å². The van der Waals surface area contributed by atoms with Crippen LogP contribution in [0, 0.1) is 0 Å². The summed E-state index contributed by atoms with van der Waals surface area (Å²) in [6.07, 6.45) is -16.1. The molecule has 2 aliphatic rings. The highest BCUT2D eigenvalue weighted by atomic mass is 16.7. The third-order valence-corrected chi connectivity index (χ3v) is 4.48. The Morgan fingerprint density at radius 1 is 0.846 bits per heavy atom. The van der Waals surface area contributed by atoms with Crippen LogP contribution in [0.4, 0.5) is 0 Å². The maximum atomic E-state index is 10.1. The topological polar surface area (TPSA) is 190 Å². The first-order valence-corrected chi connectivity index (χ1v) is 8.12. The summed E-state index contributed by atoms with van der Waals surface area (Å²) in [7, 11) is 0. The minimum Gasteiger partial charge on any atom is -0.510 e. The van der Waals surface area contributed by atoms with E-state index in [4.69, 9.17) is 14.2 Å². The summed E-state index contributed by atoms with van der Waals surface area (Å²) in [6.45, 7) is 2.38. The molecule has 2 heterocycles. The maximum absolute atomic E-state index is 10.1. The second-order valence-electron chi connectivity index (χ2n) is 6.61. The summed E-state index contributed by atoms with van der Waals surface area (Å²) < 4.78 is 15.6. The molecule has 11 nitrogen and oxygen atoms in total. The summed E-state index contributed by atoms with van der Waals surface area (Å²) in [5, 5.41) is 78.7. The first-order chi connectivity index (χ1) is 12.1. The number of hydrogen-bond acceptors (Lipinski definition) is 11. The highest BCUT2D eigenvalue weighted by Gasteiger charge is 2.51. The molecular weight excluding hydrogens is 356 g/mol. The molecular formula is C15H26O11. The molecule has 2 saturated heterocycles. The van der Waals surface area contributed by atoms with E-state index in [0.29, 0.717) is 5.57 Å². The Labute approximate surface area is 149 Å². The lowest BCUT2D eigenvalue weighted by molar-refractivity contribution is -0.352. The Morgan fingerprint density at radius 2 is 1.46 bits per heavy atom. The summed E-state index contributed by atoms with van der Waals surface area (Å²) in [5.41, 5.74) is 0.393. The number of ether oxygens (including phenoxy) is 3. The quantitative estimate of drug-likeness (QED) is 0.225. The van der Waals surface area contributed by atoms with Crippen LogP contribution in [0.5, 0.6) is 0 Å². The van der Waals surface area contributed by atoms with Gasteiger partial charge < -0.3 is 55.1 Å². The lowest BCUT2D eigenvalue weighted by Crippen LogP contribution is -2.64. The zero-order chi connectivity index (χ0) is 19.8. The van der Waals surface area contributed by atoms with Crippen LogP contribution in [0.15, 0.2) is 11.3 Å². The molecule has 0 amide bonds. The summed E-state index contributed by atoms with van der Waals surface area (Å²) >= 11 is 0. The monoisotopic (exact) mass is 382 g/mol. The number of allylic oxidation sites excluding steroid dienone is 1. The zero-order valence-electron chi connectivity index (χ0n) is 14.3. The van der Waals surface area contributed by atoms with E-state index in [1.54, 1.807) is 0 Å². The highest BCUT2D eigenvalue weighted by molar-refractivity contribution is 5.12. The first-order valence-electron chi connectivity index (χ1n) is 8.12. The number of rotatable bonds is 4. The third-order valence-electron chi connectivity index (χ3n) is 4.48. The van der Waals surface area contributed by atoms with Gasteiger partial charge in [-0.2, -0.15) is 0 Å². The minimum absolute atomic E-state index is 0.369. The smallest absolute Gasteiger partial charge is 0.187 e. The Bertz CT molecular complexity index is 506. The van der Waals surface area contributed by atoms with Crippen molar-refractivity contribution in [1.82, 2.24) is 0 Å². The molecule has 0 radical (unpaired) electrons. The molecule has 2 rings (SSSR count). The third kappa shape index (κ3) is 4.02. The molecule has 2 aliphatic heterocycles. The van der Waals surface area contributed by atoms with Crippen molar-refractivity contribution < 1.29 is 55.1 Å². The predicted octanol–water partition coefficient (Wildman–Crippen LogP) is -3.54. The van der Waals surface area contributed by atoms with E-state index in [1.165, 1.54) is 13.8 Å². The molecule has 1 unspecified atom stereocenters. The van der Waals surface area contributed by atoms with E-state index in [1.807, 2.05) is 0 Å². The Morgan fingerprint density at radius 3 is 2.00 bits per heavy atom. The van der Waals surface area contributed by atoms with E-state index in [9.17, 15) is 40.9 Å². The Kier molecular flexibility index (Phi) is 6.96. The van der Waals surface area contributed by atoms with Crippen molar-refractivity contribution in [3.05, 3.63) is 11.3 Å². The fourth-order valence-corrected chi connectivity index (χ4v) is 2.86. The molecule has 0 aromatic carbocycles. The van der Waals surface area contributed by atoms with Gasteiger partial charge in [0.05, 0.1) is 6.61 Å². The van der Waals surface area contributed by atoms with Gasteiger partial charge in [0, 0.05) is 0 Å². The van der Waals surface area contributed by atoms with Gasteiger partial charge in [-0.05, 0) is 19.4 Å². The number of aliphatic hydroxyl groups excluding tert-OH is 8. The van der Waals surface area contributed by atoms with Gasteiger partial charge in [-0.15, -0.1) is 0 Å². The standard InChI is InChI=1S/C15H26O11/c1-4(2)6(17)13-8(19)7(18)11(22)15(26-13)25-12-5(3-16)24-14(23)10(21)9(12)20/h5,7-23H,3H2,1-2H3/t5-,7+,8-,9-,10-,11-,12-,13-,14?,15-/m1/s1. The van der Waals surface area contributed by atoms with Crippen LogP contribution in [0.1, 0.15) is 13.8 Å². The lowest BCUT2D eigenvalue weighted by Gasteiger charge is -2.45. The predicted molar refractivity (Wildman–Crippen MR) is 82.5 cm³/mol. The average Bonchev–Trinajstić information content (AvgIpc) is 2.61. The summed E-state index contributed by atoms with van der Waals surface area (Å²) in [6, 6.07) is 0. The van der Waals surface area contributed by atoms with Gasteiger partial charge in [-0.3, -0.25) is 0 Å². The van der Waals surface area contributed by atoms with Gasteiger partial charge in [0.25, 0.3) is 0 Å². The van der Waals surface area contributed by atoms with Gasteiger partial charge in [0.15, 0.2) is 12.6 Å². The Hall–Kier alpha value is -0.860. The normalized spacial score (nSPS) is 46.8. The molecule has 0 aromatic heterocycles. The molecule has 8 N–H and O–H groups in total. The van der Waals surface area contributed by atoms with Crippen LogP contribution in [-0.2, 0) is 14.2 Å². The SMILES string of the molecule is CC(C)=C(O)[C@H]1O[C@@H](O[C@H]2[C@H](O)[C@@H](O)C(O)O[C@@H]2CO)[C@H](O)[C@@H](O)[C@H]1O. The van der Waals surface area contributed by atoms with E-state index >= 15 is 0 Å². The molecule has 152 valence electrons. The molecule has 10 atom stereocenters. The lowest BCUT2D eigenvalue weighted by atomic mass is 9.95. The van der Waals surface area contributed by atoms with Crippen molar-refractivity contribution in [1.29, 1.82) is 0 Å². The molecule has 0 saturated carbocycles. The molecule has 0 spiro atoms. The van der Waals surface area contributed by atoms with Crippen LogP contribution < -0.4 is 0 Å². The van der Waals surface area contributed by atoms with Gasteiger partial charge in [-0.25, -0.2) is 0 Å². The van der Waals surface area contributed by atoms with Crippen LogP contribution in [-0.4, -0.2) is 109 Å². The average molecular weight is 382 g/mol. The summed E-state index contributed by atoms with van der Waals surface area (Å²) in [5.74, 6) is -0.369. The second-order valence-corrected chi connectivity index (χ2v) is 6.61. The molecule has 0 bridgehead atoms. The van der Waals surface area contributed by atoms with Crippen LogP contribution in [0.25, 0.3) is 0 Å². The van der Waals surface area contributed by atoms with E-state index < -0.39 is 68.0 Å². The van der Waals surface area contributed by atoms with Crippen molar-refractivity contribution >= 4 is 0 Å². The van der Waals surface area contributed by atoms with Crippen molar-refractivity contribution in [3.63, 3.8) is 0 Å². The maximum Gasteiger partial charge on any atom is 0.187 e. The second kappa shape index (κ2) is 8.44. The van der Waals surface area contributed by atoms with Crippen molar-refractivity contribution in [3.8, 4) is 0 Å². The number of hydrogen-bond donors (Lipinski definition) is 8. The zero-order valence-corrected chi connectivity index (χ0v) is 14.3. The highest BCUT2D eigenvalue weighted by Crippen LogP contribution is 2.30. The van der Waals surface area contributed by atoms with Crippen molar-refractivity contribution in [2.24, 2.45) is 0 Å². The molecule has 26 heavy (non-hydrogen) atoms. The van der Waals surface area contributed by atoms with E-state index in [0.717, 1.165) is 0 Å². The van der Waals surface area contributed by atoms with Crippen molar-refractivity contribution in [2.75, 3.05) is 6.61 Å². The fraction of sp³-hybridized carbons (Fsp3) is 0.867. The molecule has 0 aliphatic carbocycles. The van der Waals surface area contributed by atoms with E-state index in [-0.39, 0.29) is 5.76 Å².